The summed E-state index contributed by atoms with van der Waals surface area (Å²) in [6, 6.07) is 13.5. The van der Waals surface area contributed by atoms with Gasteiger partial charge >= 0.3 is 0 Å². The van der Waals surface area contributed by atoms with Crippen LogP contribution in [0.25, 0.3) is 0 Å². The lowest BCUT2D eigenvalue weighted by atomic mass is 10.1. The van der Waals surface area contributed by atoms with Gasteiger partial charge in [0.25, 0.3) is 0 Å². The first-order valence-electron chi connectivity index (χ1n) is 10.4. The molecule has 2 aromatic carbocycles. The highest BCUT2D eigenvalue weighted by atomic mass is 16.5. The van der Waals surface area contributed by atoms with Crippen molar-refractivity contribution in [3.63, 3.8) is 0 Å². The molecule has 6 nitrogen and oxygen atoms in total. The highest BCUT2D eigenvalue weighted by molar-refractivity contribution is 5.73. The summed E-state index contributed by atoms with van der Waals surface area (Å²) < 4.78 is 17.7. The number of fused-ring (bicyclic) bond motifs is 1. The van der Waals surface area contributed by atoms with Crippen LogP contribution in [0.15, 0.2) is 36.4 Å². The van der Waals surface area contributed by atoms with Gasteiger partial charge in [-0.15, -0.1) is 0 Å². The van der Waals surface area contributed by atoms with Gasteiger partial charge in [0, 0.05) is 25.0 Å². The first-order chi connectivity index (χ1) is 14.5. The minimum atomic E-state index is -0.0903. The maximum Gasteiger partial charge on any atom is 0.217 e. The first kappa shape index (κ1) is 20.1. The fourth-order valence-electron chi connectivity index (χ4n) is 3.55. The highest BCUT2D eigenvalue weighted by Gasteiger charge is 2.28. The second kappa shape index (κ2) is 8.66. The Morgan fingerprint density at radius 1 is 1.23 bits per heavy atom. The Morgan fingerprint density at radius 2 is 2.00 bits per heavy atom. The number of carbonyl (C=O) groups is 1. The molecule has 1 aliphatic heterocycles. The smallest absolute Gasteiger partial charge is 0.217 e. The van der Waals surface area contributed by atoms with E-state index in [0.29, 0.717) is 17.2 Å². The zero-order chi connectivity index (χ0) is 21.1. The fraction of sp³-hybridized carbons (Fsp3) is 0.417. The van der Waals surface area contributed by atoms with Gasteiger partial charge in [-0.2, -0.15) is 5.26 Å². The largest absolute Gasteiger partial charge is 0.493 e. The molecule has 2 atom stereocenters. The van der Waals surface area contributed by atoms with Crippen LogP contribution < -0.4 is 19.5 Å². The SMILES string of the molecule is CC(=O)N[C@@H](C)[C@@H]1Cc2ccc(OCc3ccc(OCC4CC4)cc3C#N)cc2O1. The van der Waals surface area contributed by atoms with Crippen molar-refractivity contribution in [2.24, 2.45) is 5.92 Å². The van der Waals surface area contributed by atoms with Crippen LogP contribution >= 0.6 is 0 Å². The van der Waals surface area contributed by atoms with Crippen LogP contribution in [-0.4, -0.2) is 24.7 Å². The van der Waals surface area contributed by atoms with Gasteiger partial charge in [-0.05, 0) is 49.4 Å². The summed E-state index contributed by atoms with van der Waals surface area (Å²) in [7, 11) is 0. The lowest BCUT2D eigenvalue weighted by Gasteiger charge is -2.19. The van der Waals surface area contributed by atoms with Gasteiger partial charge in [-0.3, -0.25) is 4.79 Å². The Hall–Kier alpha value is -3.20. The second-order valence-electron chi connectivity index (χ2n) is 8.09. The highest BCUT2D eigenvalue weighted by Crippen LogP contribution is 2.34. The third-order valence-electron chi connectivity index (χ3n) is 5.51. The Labute approximate surface area is 176 Å². The summed E-state index contributed by atoms with van der Waals surface area (Å²) in [4.78, 5) is 11.3. The van der Waals surface area contributed by atoms with Crippen molar-refractivity contribution in [1.82, 2.24) is 5.32 Å². The van der Waals surface area contributed by atoms with Crippen LogP contribution in [0.5, 0.6) is 17.2 Å². The minimum absolute atomic E-state index is 0.0664. The molecular weight excluding hydrogens is 380 g/mol. The zero-order valence-electron chi connectivity index (χ0n) is 17.3. The van der Waals surface area contributed by atoms with E-state index in [1.54, 1.807) is 6.07 Å². The molecule has 1 amide bonds. The van der Waals surface area contributed by atoms with Crippen molar-refractivity contribution in [3.05, 3.63) is 53.1 Å². The number of amides is 1. The number of carbonyl (C=O) groups excluding carboxylic acids is 1. The van der Waals surface area contributed by atoms with E-state index in [-0.39, 0.29) is 24.7 Å². The van der Waals surface area contributed by atoms with Gasteiger partial charge in [0.15, 0.2) is 0 Å². The summed E-state index contributed by atoms with van der Waals surface area (Å²) >= 11 is 0. The predicted molar refractivity (Wildman–Crippen MR) is 112 cm³/mol. The first-order valence-corrected chi connectivity index (χ1v) is 10.4. The summed E-state index contributed by atoms with van der Waals surface area (Å²) in [5.74, 6) is 2.79. The Balaban J connectivity index is 1.37. The average molecular weight is 406 g/mol. The van der Waals surface area contributed by atoms with Crippen LogP contribution in [0, 0.1) is 17.2 Å². The number of ether oxygens (including phenoxy) is 3. The Kier molecular flexibility index (Phi) is 5.80. The van der Waals surface area contributed by atoms with Crippen LogP contribution in [-0.2, 0) is 17.8 Å². The molecule has 0 aromatic heterocycles. The number of benzene rings is 2. The zero-order valence-corrected chi connectivity index (χ0v) is 17.3. The van der Waals surface area contributed by atoms with E-state index in [0.717, 1.165) is 35.7 Å². The molecule has 30 heavy (non-hydrogen) atoms. The monoisotopic (exact) mass is 406 g/mol. The van der Waals surface area contributed by atoms with Gasteiger partial charge in [0.2, 0.25) is 5.91 Å². The van der Waals surface area contributed by atoms with E-state index in [1.165, 1.54) is 19.8 Å². The van der Waals surface area contributed by atoms with E-state index < -0.39 is 0 Å². The number of rotatable bonds is 8. The quantitative estimate of drug-likeness (QED) is 0.722. The molecule has 1 saturated carbocycles. The molecule has 6 heteroatoms. The molecule has 1 N–H and O–H groups in total. The maximum absolute atomic E-state index is 11.3. The minimum Gasteiger partial charge on any atom is -0.493 e. The van der Waals surface area contributed by atoms with Crippen molar-refractivity contribution in [2.45, 2.75) is 51.9 Å². The second-order valence-corrected chi connectivity index (χ2v) is 8.09. The summed E-state index contributed by atoms with van der Waals surface area (Å²) in [5.41, 5.74) is 2.47. The fourth-order valence-corrected chi connectivity index (χ4v) is 3.55. The molecule has 0 saturated heterocycles. The number of nitriles is 1. The molecule has 1 aliphatic carbocycles. The summed E-state index contributed by atoms with van der Waals surface area (Å²) in [5, 5.41) is 12.4. The van der Waals surface area contributed by atoms with Gasteiger partial charge in [0.1, 0.15) is 30.0 Å². The van der Waals surface area contributed by atoms with E-state index in [9.17, 15) is 10.1 Å². The number of nitrogens with zero attached hydrogens (tertiary/aromatic N) is 1. The Bertz CT molecular complexity index is 978. The third-order valence-corrected chi connectivity index (χ3v) is 5.51. The molecule has 1 heterocycles. The predicted octanol–water partition coefficient (Wildman–Crippen LogP) is 3.75. The van der Waals surface area contributed by atoms with E-state index in [4.69, 9.17) is 14.2 Å². The summed E-state index contributed by atoms with van der Waals surface area (Å²) in [6.07, 6.45) is 3.12. The van der Waals surface area contributed by atoms with Crippen LogP contribution in [0.4, 0.5) is 0 Å². The molecule has 0 unspecified atom stereocenters. The number of hydrogen-bond donors (Lipinski definition) is 1. The number of hydrogen-bond acceptors (Lipinski definition) is 5. The molecule has 1 fully saturated rings. The van der Waals surface area contributed by atoms with Gasteiger partial charge in [0.05, 0.1) is 24.3 Å². The molecule has 0 radical (unpaired) electrons. The van der Waals surface area contributed by atoms with Gasteiger partial charge in [-0.1, -0.05) is 12.1 Å². The van der Waals surface area contributed by atoms with E-state index >= 15 is 0 Å². The van der Waals surface area contributed by atoms with Crippen LogP contribution in [0.3, 0.4) is 0 Å². The van der Waals surface area contributed by atoms with Crippen molar-refractivity contribution < 1.29 is 19.0 Å². The van der Waals surface area contributed by atoms with E-state index in [2.05, 4.69) is 11.4 Å². The topological polar surface area (TPSA) is 80.6 Å². The number of nitrogens with one attached hydrogen (secondary N) is 1. The standard InChI is InChI=1S/C24H26N2O4/c1-15(26-16(2)27)23-10-18-5-7-22(11-24(18)30-23)29-14-19-6-8-21(9-20(19)12-25)28-13-17-3-4-17/h5-9,11,15,17,23H,3-4,10,13-14H2,1-2H3,(H,26,27)/t15-,23-/m0/s1. The molecule has 2 aromatic rings. The van der Waals surface area contributed by atoms with Crippen molar-refractivity contribution in [2.75, 3.05) is 6.61 Å². The lowest BCUT2D eigenvalue weighted by Crippen LogP contribution is -2.42. The molecule has 4 rings (SSSR count). The van der Waals surface area contributed by atoms with Gasteiger partial charge < -0.3 is 19.5 Å². The molecular formula is C24H26N2O4. The normalized spacial score (nSPS) is 18.0. The van der Waals surface area contributed by atoms with Crippen molar-refractivity contribution in [1.29, 1.82) is 5.26 Å². The Morgan fingerprint density at radius 3 is 2.73 bits per heavy atom. The summed E-state index contributed by atoms with van der Waals surface area (Å²) in [6.45, 7) is 4.45. The third kappa shape index (κ3) is 4.85. The van der Waals surface area contributed by atoms with Crippen LogP contribution in [0.1, 0.15) is 43.4 Å². The maximum atomic E-state index is 11.3. The van der Waals surface area contributed by atoms with Gasteiger partial charge in [-0.25, -0.2) is 0 Å². The molecule has 156 valence electrons. The van der Waals surface area contributed by atoms with E-state index in [1.807, 2.05) is 37.3 Å². The molecule has 2 aliphatic rings. The molecule has 0 bridgehead atoms. The molecule has 0 spiro atoms. The van der Waals surface area contributed by atoms with Crippen LogP contribution in [0.2, 0.25) is 0 Å². The lowest BCUT2D eigenvalue weighted by molar-refractivity contribution is -0.120. The average Bonchev–Trinajstić information content (AvgIpc) is 3.46. The van der Waals surface area contributed by atoms with Crippen molar-refractivity contribution >= 4 is 5.91 Å². The van der Waals surface area contributed by atoms with Crippen molar-refractivity contribution in [3.8, 4) is 23.3 Å².